The van der Waals surface area contributed by atoms with E-state index >= 15 is 0 Å². The van der Waals surface area contributed by atoms with Gasteiger partial charge in [-0.15, -0.1) is 15.3 Å². The van der Waals surface area contributed by atoms with Crippen molar-refractivity contribution in [1.82, 2.24) is 19.8 Å². The molecule has 6 heteroatoms. The van der Waals surface area contributed by atoms with Gasteiger partial charge in [-0.25, -0.2) is 0 Å². The van der Waals surface area contributed by atoms with E-state index in [1.165, 1.54) is 10.8 Å². The Balaban J connectivity index is 2.31. The van der Waals surface area contributed by atoms with Gasteiger partial charge in [0.25, 0.3) is 0 Å². The van der Waals surface area contributed by atoms with Gasteiger partial charge in [-0.05, 0) is 6.07 Å². The van der Waals surface area contributed by atoms with Crippen LogP contribution in [0, 0.1) is 0 Å². The molecule has 0 bridgehead atoms. The molecule has 2 heterocycles. The van der Waals surface area contributed by atoms with Gasteiger partial charge in [0.1, 0.15) is 6.33 Å². The van der Waals surface area contributed by atoms with Crippen molar-refractivity contribution in [1.29, 1.82) is 0 Å². The molecule has 0 N–H and O–H groups in total. The third-order valence-electron chi connectivity index (χ3n) is 1.42. The van der Waals surface area contributed by atoms with E-state index in [1.807, 2.05) is 0 Å². The van der Waals surface area contributed by atoms with Gasteiger partial charge in [0.2, 0.25) is 12.2 Å². The molecule has 6 nitrogen and oxygen atoms in total. The summed E-state index contributed by atoms with van der Waals surface area (Å²) in [6.07, 6.45) is 3.06. The first-order valence-electron chi connectivity index (χ1n) is 3.55. The normalized spacial score (nSPS) is 10.2. The van der Waals surface area contributed by atoms with Gasteiger partial charge in [0.05, 0.1) is 0 Å². The Hall–Kier alpha value is -1.98. The van der Waals surface area contributed by atoms with Gasteiger partial charge in [-0.3, -0.25) is 4.79 Å². The number of aromatic nitrogens is 4. The molecular weight excluding hydrogens is 172 g/mol. The second-order valence-corrected chi connectivity index (χ2v) is 2.24. The zero-order valence-electron chi connectivity index (χ0n) is 6.54. The van der Waals surface area contributed by atoms with E-state index in [9.17, 15) is 4.79 Å². The van der Waals surface area contributed by atoms with Crippen LogP contribution < -0.4 is 4.74 Å². The first kappa shape index (κ1) is 7.66. The van der Waals surface area contributed by atoms with E-state index in [0.717, 1.165) is 0 Å². The smallest absolute Gasteiger partial charge is 0.239 e. The van der Waals surface area contributed by atoms with Crippen LogP contribution in [0.1, 0.15) is 0 Å². The quantitative estimate of drug-likeness (QED) is 0.638. The molecule has 65 valence electrons. The maximum absolute atomic E-state index is 9.88. The molecule has 0 aliphatic rings. The van der Waals surface area contributed by atoms with Crippen molar-refractivity contribution in [2.45, 2.75) is 0 Å². The van der Waals surface area contributed by atoms with E-state index in [-0.39, 0.29) is 6.61 Å². The van der Waals surface area contributed by atoms with Crippen molar-refractivity contribution in [3.8, 4) is 5.88 Å². The molecule has 2 aromatic rings. The topological polar surface area (TPSA) is 69.4 Å². The van der Waals surface area contributed by atoms with Crippen molar-refractivity contribution >= 4 is 11.9 Å². The van der Waals surface area contributed by atoms with Crippen molar-refractivity contribution in [2.24, 2.45) is 0 Å². The molecular formula is C7H5N4O2. The number of nitrogens with zero attached hydrogens (tertiary/aromatic N) is 4. The second kappa shape index (κ2) is 3.18. The lowest BCUT2D eigenvalue weighted by Gasteiger charge is -1.98. The molecule has 0 unspecified atom stereocenters. The Morgan fingerprint density at radius 2 is 2.46 bits per heavy atom. The average Bonchev–Trinajstić information content (AvgIpc) is 2.61. The lowest BCUT2D eigenvalue weighted by molar-refractivity contribution is 0.345. The summed E-state index contributed by atoms with van der Waals surface area (Å²) in [5, 5.41) is 11.4. The summed E-state index contributed by atoms with van der Waals surface area (Å²) in [6.45, 7) is -0.124. The Morgan fingerprint density at radius 1 is 1.54 bits per heavy atom. The average molecular weight is 177 g/mol. The lowest BCUT2D eigenvalue weighted by atomic mass is 10.5. The van der Waals surface area contributed by atoms with Crippen LogP contribution in [-0.4, -0.2) is 32.7 Å². The predicted molar refractivity (Wildman–Crippen MR) is 42.0 cm³/mol. The number of fused-ring (bicyclic) bond motifs is 1. The van der Waals surface area contributed by atoms with Gasteiger partial charge < -0.3 is 4.74 Å². The van der Waals surface area contributed by atoms with E-state index in [1.54, 1.807) is 18.4 Å². The maximum atomic E-state index is 9.88. The summed E-state index contributed by atoms with van der Waals surface area (Å²) in [7, 11) is 0. The van der Waals surface area contributed by atoms with Crippen molar-refractivity contribution in [2.75, 3.05) is 6.61 Å². The molecule has 0 aromatic carbocycles. The second-order valence-electron chi connectivity index (χ2n) is 2.24. The number of ether oxygens (including phenoxy) is 1. The fourth-order valence-corrected chi connectivity index (χ4v) is 0.891. The largest absolute Gasteiger partial charge is 0.468 e. The molecule has 2 rings (SSSR count). The van der Waals surface area contributed by atoms with Crippen LogP contribution >= 0.6 is 0 Å². The molecule has 0 saturated heterocycles. The minimum atomic E-state index is -0.124. The molecule has 0 aliphatic carbocycles. The monoisotopic (exact) mass is 177 g/mol. The summed E-state index contributed by atoms with van der Waals surface area (Å²) in [4.78, 5) is 9.88. The highest BCUT2D eigenvalue weighted by Gasteiger charge is 1.98. The molecule has 0 saturated carbocycles. The van der Waals surface area contributed by atoms with Crippen molar-refractivity contribution < 1.29 is 9.53 Å². The van der Waals surface area contributed by atoms with Gasteiger partial charge in [0.15, 0.2) is 12.3 Å². The number of hydrogen-bond acceptors (Lipinski definition) is 5. The first-order chi connectivity index (χ1) is 6.40. The molecule has 13 heavy (non-hydrogen) atoms. The molecule has 0 fully saturated rings. The third kappa shape index (κ3) is 1.46. The standard InChI is InChI=1S/C7H5N4O2/c12-3-4-13-7-2-1-6-9-8-5-11(6)10-7/h1-2,5H,4H2. The minimum absolute atomic E-state index is 0.124. The molecule has 0 spiro atoms. The maximum Gasteiger partial charge on any atom is 0.239 e. The highest BCUT2D eigenvalue weighted by Crippen LogP contribution is 2.05. The Morgan fingerprint density at radius 3 is 3.31 bits per heavy atom. The van der Waals surface area contributed by atoms with Crippen LogP contribution in [0.5, 0.6) is 5.88 Å². The number of hydrogen-bond donors (Lipinski definition) is 0. The molecule has 0 aliphatic heterocycles. The van der Waals surface area contributed by atoms with Gasteiger partial charge in [-0.1, -0.05) is 0 Å². The molecule has 1 radical (unpaired) electrons. The highest BCUT2D eigenvalue weighted by molar-refractivity contribution is 5.52. The Labute approximate surface area is 73.2 Å². The van der Waals surface area contributed by atoms with Crippen LogP contribution in [-0.2, 0) is 4.79 Å². The van der Waals surface area contributed by atoms with Crippen LogP contribution in [0.2, 0.25) is 0 Å². The van der Waals surface area contributed by atoms with Gasteiger partial charge in [-0.2, -0.15) is 4.52 Å². The fraction of sp³-hybridized carbons (Fsp3) is 0.143. The van der Waals surface area contributed by atoms with Crippen LogP contribution in [0.3, 0.4) is 0 Å². The van der Waals surface area contributed by atoms with Crippen LogP contribution in [0.15, 0.2) is 18.5 Å². The minimum Gasteiger partial charge on any atom is -0.468 e. The zero-order valence-corrected chi connectivity index (χ0v) is 6.54. The number of rotatable bonds is 3. The lowest BCUT2D eigenvalue weighted by Crippen LogP contribution is -2.01. The third-order valence-corrected chi connectivity index (χ3v) is 1.42. The Bertz CT molecular complexity index is 425. The summed E-state index contributed by atoms with van der Waals surface area (Å²) >= 11 is 0. The summed E-state index contributed by atoms with van der Waals surface area (Å²) in [5.41, 5.74) is 0.627. The van der Waals surface area contributed by atoms with Crippen molar-refractivity contribution in [3.05, 3.63) is 18.5 Å². The highest BCUT2D eigenvalue weighted by atomic mass is 16.5. The van der Waals surface area contributed by atoms with E-state index < -0.39 is 0 Å². The van der Waals surface area contributed by atoms with E-state index in [2.05, 4.69) is 15.3 Å². The number of carbonyl (C=O) groups excluding carboxylic acids is 1. The SMILES string of the molecule is O=[C]COc1ccc2nncn2n1. The van der Waals surface area contributed by atoms with Gasteiger partial charge >= 0.3 is 0 Å². The van der Waals surface area contributed by atoms with Crippen LogP contribution in [0.25, 0.3) is 5.65 Å². The first-order valence-corrected chi connectivity index (χ1v) is 3.55. The molecule has 0 atom stereocenters. The Kier molecular flexibility index (Phi) is 1.87. The fourth-order valence-electron chi connectivity index (χ4n) is 0.891. The molecule has 0 amide bonds. The zero-order chi connectivity index (χ0) is 9.10. The van der Waals surface area contributed by atoms with E-state index in [4.69, 9.17) is 4.74 Å². The molecule has 2 aromatic heterocycles. The van der Waals surface area contributed by atoms with Crippen molar-refractivity contribution in [3.63, 3.8) is 0 Å². The van der Waals surface area contributed by atoms with Crippen LogP contribution in [0.4, 0.5) is 0 Å². The summed E-state index contributed by atoms with van der Waals surface area (Å²) in [6, 6.07) is 3.31. The summed E-state index contributed by atoms with van der Waals surface area (Å²) in [5.74, 6) is 0.343. The van der Waals surface area contributed by atoms with E-state index in [0.29, 0.717) is 11.5 Å². The van der Waals surface area contributed by atoms with Gasteiger partial charge in [0, 0.05) is 6.07 Å². The summed E-state index contributed by atoms with van der Waals surface area (Å²) < 4.78 is 6.38. The predicted octanol–water partition coefficient (Wildman–Crippen LogP) is -0.387.